The van der Waals surface area contributed by atoms with E-state index in [1.165, 1.54) is 28.9 Å². The third-order valence-electron chi connectivity index (χ3n) is 5.35. The zero-order valence-corrected chi connectivity index (χ0v) is 15.0. The Morgan fingerprint density at radius 2 is 2.04 bits per heavy atom. The maximum absolute atomic E-state index is 12.5. The van der Waals surface area contributed by atoms with Crippen molar-refractivity contribution in [2.75, 3.05) is 18.4 Å². The molecule has 4 rings (SSSR count). The standard InChI is InChI=1S/C20H24N2OS/c1-2-14-3-7-16(8-4-14)21-19(23)13-22-11-9-18-17(10-12-24-18)20(22)15-5-6-15/h3-4,7-8,10,12,15,20H,2,5-6,9,11,13H2,1H3,(H,21,23)/p+1/t20-/m0/s1. The van der Waals surface area contributed by atoms with E-state index in [1.807, 2.05) is 23.5 Å². The number of hydrogen-bond acceptors (Lipinski definition) is 2. The van der Waals surface area contributed by atoms with Gasteiger partial charge in [0.15, 0.2) is 6.54 Å². The molecule has 0 spiro atoms. The zero-order chi connectivity index (χ0) is 16.5. The minimum atomic E-state index is 0.138. The van der Waals surface area contributed by atoms with E-state index in [-0.39, 0.29) is 5.91 Å². The molecule has 1 aliphatic heterocycles. The Morgan fingerprint density at radius 1 is 1.25 bits per heavy atom. The molecule has 126 valence electrons. The minimum absolute atomic E-state index is 0.138. The van der Waals surface area contributed by atoms with Crippen LogP contribution in [0, 0.1) is 5.92 Å². The van der Waals surface area contributed by atoms with Gasteiger partial charge in [-0.25, -0.2) is 0 Å². The summed E-state index contributed by atoms with van der Waals surface area (Å²) in [5.41, 5.74) is 3.73. The molecule has 1 unspecified atom stereocenters. The topological polar surface area (TPSA) is 33.5 Å². The lowest BCUT2D eigenvalue weighted by atomic mass is 9.96. The first-order valence-corrected chi connectivity index (χ1v) is 9.92. The van der Waals surface area contributed by atoms with E-state index in [9.17, 15) is 4.79 Å². The van der Waals surface area contributed by atoms with Crippen molar-refractivity contribution < 1.29 is 9.69 Å². The van der Waals surface area contributed by atoms with Crippen LogP contribution in [0.5, 0.6) is 0 Å². The van der Waals surface area contributed by atoms with Crippen LogP contribution in [0.2, 0.25) is 0 Å². The molecule has 1 aromatic heterocycles. The van der Waals surface area contributed by atoms with Gasteiger partial charge in [0.1, 0.15) is 6.04 Å². The van der Waals surface area contributed by atoms with Gasteiger partial charge in [-0.15, -0.1) is 11.3 Å². The van der Waals surface area contributed by atoms with Crippen molar-refractivity contribution >= 4 is 22.9 Å². The lowest BCUT2D eigenvalue weighted by Crippen LogP contribution is -3.14. The molecule has 2 N–H and O–H groups in total. The molecule has 0 radical (unpaired) electrons. The van der Waals surface area contributed by atoms with E-state index in [2.05, 4.69) is 35.8 Å². The van der Waals surface area contributed by atoms with Crippen molar-refractivity contribution in [2.45, 2.75) is 38.6 Å². The Labute approximate surface area is 147 Å². The second-order valence-electron chi connectivity index (χ2n) is 7.05. The molecule has 2 heterocycles. The van der Waals surface area contributed by atoms with Crippen molar-refractivity contribution in [1.82, 2.24) is 0 Å². The van der Waals surface area contributed by atoms with E-state index in [0.717, 1.165) is 31.0 Å². The van der Waals surface area contributed by atoms with E-state index in [4.69, 9.17) is 0 Å². The summed E-state index contributed by atoms with van der Waals surface area (Å²) in [6.45, 7) is 3.80. The number of hydrogen-bond donors (Lipinski definition) is 2. The third-order valence-corrected chi connectivity index (χ3v) is 6.35. The predicted molar refractivity (Wildman–Crippen MR) is 98.6 cm³/mol. The summed E-state index contributed by atoms with van der Waals surface area (Å²) < 4.78 is 0. The fraction of sp³-hybridized carbons (Fsp3) is 0.450. The zero-order valence-electron chi connectivity index (χ0n) is 14.2. The van der Waals surface area contributed by atoms with Crippen LogP contribution in [0.3, 0.4) is 0 Å². The van der Waals surface area contributed by atoms with Crippen LogP contribution >= 0.6 is 11.3 Å². The molecule has 0 saturated heterocycles. The average molecular weight is 342 g/mol. The molecule has 1 aliphatic carbocycles. The molecule has 1 saturated carbocycles. The fourth-order valence-electron chi connectivity index (χ4n) is 3.93. The number of carbonyl (C=O) groups excluding carboxylic acids is 1. The van der Waals surface area contributed by atoms with Crippen LogP contribution in [0.15, 0.2) is 35.7 Å². The van der Waals surface area contributed by atoms with Crippen LogP contribution in [-0.4, -0.2) is 19.0 Å². The maximum atomic E-state index is 12.5. The molecule has 2 aromatic rings. The van der Waals surface area contributed by atoms with E-state index < -0.39 is 0 Å². The van der Waals surface area contributed by atoms with Crippen molar-refractivity contribution in [3.05, 3.63) is 51.7 Å². The number of aryl methyl sites for hydroxylation is 1. The second kappa shape index (κ2) is 6.69. The number of rotatable bonds is 5. The van der Waals surface area contributed by atoms with Gasteiger partial charge in [-0.1, -0.05) is 19.1 Å². The van der Waals surface area contributed by atoms with Gasteiger partial charge < -0.3 is 10.2 Å². The minimum Gasteiger partial charge on any atom is -0.321 e. The summed E-state index contributed by atoms with van der Waals surface area (Å²) in [7, 11) is 0. The summed E-state index contributed by atoms with van der Waals surface area (Å²) in [4.78, 5) is 15.5. The lowest BCUT2D eigenvalue weighted by Gasteiger charge is -2.32. The van der Waals surface area contributed by atoms with Gasteiger partial charge in [-0.3, -0.25) is 4.79 Å². The third kappa shape index (κ3) is 3.26. The molecule has 24 heavy (non-hydrogen) atoms. The molecule has 2 atom stereocenters. The number of anilines is 1. The summed E-state index contributed by atoms with van der Waals surface area (Å²) >= 11 is 1.89. The van der Waals surface area contributed by atoms with Gasteiger partial charge in [0.25, 0.3) is 5.91 Å². The van der Waals surface area contributed by atoms with Crippen LogP contribution in [0.4, 0.5) is 5.69 Å². The average Bonchev–Trinajstić information content (AvgIpc) is 3.31. The highest BCUT2D eigenvalue weighted by Crippen LogP contribution is 2.42. The number of benzene rings is 1. The predicted octanol–water partition coefficient (Wildman–Crippen LogP) is 2.84. The molecule has 1 aromatic carbocycles. The molecule has 0 bridgehead atoms. The Bertz CT molecular complexity index is 717. The van der Waals surface area contributed by atoms with Crippen molar-refractivity contribution in [3.63, 3.8) is 0 Å². The quantitative estimate of drug-likeness (QED) is 0.861. The molecular weight excluding hydrogens is 316 g/mol. The molecule has 1 fully saturated rings. The summed E-state index contributed by atoms with van der Waals surface area (Å²) in [6.07, 6.45) is 4.79. The number of quaternary nitrogens is 1. The van der Waals surface area contributed by atoms with Gasteiger partial charge in [0.05, 0.1) is 6.54 Å². The van der Waals surface area contributed by atoms with Gasteiger partial charge in [-0.2, -0.15) is 0 Å². The SMILES string of the molecule is CCc1ccc(NC(=O)C[NH+]2CCc3sccc3[C@@H]2C2CC2)cc1. The first-order valence-electron chi connectivity index (χ1n) is 9.04. The highest BCUT2D eigenvalue weighted by molar-refractivity contribution is 7.10. The van der Waals surface area contributed by atoms with Crippen molar-refractivity contribution in [3.8, 4) is 0 Å². The van der Waals surface area contributed by atoms with Crippen LogP contribution in [0.1, 0.15) is 41.8 Å². The fourth-order valence-corrected chi connectivity index (χ4v) is 4.86. The van der Waals surface area contributed by atoms with Crippen LogP contribution in [-0.2, 0) is 17.6 Å². The van der Waals surface area contributed by atoms with Gasteiger partial charge in [0.2, 0.25) is 0 Å². The van der Waals surface area contributed by atoms with E-state index in [0.29, 0.717) is 12.6 Å². The lowest BCUT2D eigenvalue weighted by molar-refractivity contribution is -0.928. The Balaban J connectivity index is 1.43. The number of nitrogens with one attached hydrogen (secondary N) is 2. The first-order chi connectivity index (χ1) is 11.7. The Kier molecular flexibility index (Phi) is 4.42. The number of carbonyl (C=O) groups is 1. The molecule has 1 amide bonds. The number of amides is 1. The normalized spacial score (nSPS) is 22.9. The largest absolute Gasteiger partial charge is 0.321 e. The van der Waals surface area contributed by atoms with Gasteiger partial charge in [-0.05, 0) is 48.4 Å². The van der Waals surface area contributed by atoms with Gasteiger partial charge in [0, 0.05) is 28.5 Å². The Hall–Kier alpha value is -1.65. The van der Waals surface area contributed by atoms with E-state index in [1.54, 1.807) is 4.88 Å². The van der Waals surface area contributed by atoms with Crippen LogP contribution in [0.25, 0.3) is 0 Å². The maximum Gasteiger partial charge on any atom is 0.279 e. The molecule has 2 aliphatic rings. The molecule has 3 nitrogen and oxygen atoms in total. The first kappa shape index (κ1) is 15.9. The van der Waals surface area contributed by atoms with Crippen molar-refractivity contribution in [1.29, 1.82) is 0 Å². The molecular formula is C20H25N2OS+. The smallest absolute Gasteiger partial charge is 0.279 e. The second-order valence-corrected chi connectivity index (χ2v) is 8.05. The monoisotopic (exact) mass is 341 g/mol. The summed E-state index contributed by atoms with van der Waals surface area (Å²) in [5.74, 6) is 0.920. The van der Waals surface area contributed by atoms with E-state index >= 15 is 0 Å². The van der Waals surface area contributed by atoms with Crippen LogP contribution < -0.4 is 10.2 Å². The summed E-state index contributed by atoms with van der Waals surface area (Å²) in [5, 5.41) is 5.30. The number of fused-ring (bicyclic) bond motifs is 1. The highest BCUT2D eigenvalue weighted by Gasteiger charge is 2.43. The van der Waals surface area contributed by atoms with Gasteiger partial charge >= 0.3 is 0 Å². The number of thiophene rings is 1. The molecule has 4 heteroatoms. The van der Waals surface area contributed by atoms with Crippen molar-refractivity contribution in [2.24, 2.45) is 5.92 Å². The highest BCUT2D eigenvalue weighted by atomic mass is 32.1. The summed E-state index contributed by atoms with van der Waals surface area (Å²) in [6, 6.07) is 11.0. The Morgan fingerprint density at radius 3 is 2.75 bits per heavy atom.